The Labute approximate surface area is 100 Å². The highest BCUT2D eigenvalue weighted by Gasteiger charge is 2.50. The van der Waals surface area contributed by atoms with Crippen LogP contribution in [0.2, 0.25) is 0 Å². The average Bonchev–Trinajstić information content (AvgIpc) is 2.14. The summed E-state index contributed by atoms with van der Waals surface area (Å²) < 4.78 is 78.3. The third-order valence-corrected chi connectivity index (χ3v) is 4.55. The van der Waals surface area contributed by atoms with Gasteiger partial charge in [-0.15, -0.1) is 0 Å². The predicted molar refractivity (Wildman–Crippen MR) is 55.8 cm³/mol. The predicted octanol–water partition coefficient (Wildman–Crippen LogP) is 2.22. The summed E-state index contributed by atoms with van der Waals surface area (Å²) in [6.07, 6.45) is -1.41. The first-order valence-corrected chi connectivity index (χ1v) is 7.68. The van der Waals surface area contributed by atoms with E-state index in [0.717, 1.165) is 12.1 Å². The highest BCUT2D eigenvalue weighted by Crippen LogP contribution is 2.60. The Morgan fingerprint density at radius 2 is 1.72 bits per heavy atom. The summed E-state index contributed by atoms with van der Waals surface area (Å²) in [6, 6.07) is 4.14. The van der Waals surface area contributed by atoms with Crippen LogP contribution in [0.5, 0.6) is 0 Å². The number of benzene rings is 1. The van der Waals surface area contributed by atoms with Crippen molar-refractivity contribution >= 4 is 17.5 Å². The minimum absolute atomic E-state index is 0.567. The number of hydrogen-bond donors (Lipinski definition) is 2. The lowest BCUT2D eigenvalue weighted by Crippen LogP contribution is -2.12. The van der Waals surface area contributed by atoms with Crippen molar-refractivity contribution in [2.75, 3.05) is 0 Å². The van der Waals surface area contributed by atoms with Crippen LogP contribution in [0, 0.1) is 0 Å². The molecule has 0 amide bonds. The molecule has 0 aromatic heterocycles. The van der Waals surface area contributed by atoms with Crippen molar-refractivity contribution in [2.45, 2.75) is 17.0 Å². The normalized spacial score (nSPS) is 16.3. The summed E-state index contributed by atoms with van der Waals surface area (Å²) in [5.41, 5.74) is -0.567. The van der Waals surface area contributed by atoms with Gasteiger partial charge in [-0.3, -0.25) is 9.12 Å². The molecule has 0 aliphatic rings. The van der Waals surface area contributed by atoms with Crippen molar-refractivity contribution in [3.63, 3.8) is 0 Å². The summed E-state index contributed by atoms with van der Waals surface area (Å²) >= 11 is 0. The van der Waals surface area contributed by atoms with E-state index in [4.69, 9.17) is 9.45 Å². The van der Waals surface area contributed by atoms with Gasteiger partial charge in [-0.05, 0) is 11.6 Å². The molecule has 0 aliphatic heterocycles. The Bertz CT molecular complexity index is 595. The van der Waals surface area contributed by atoms with Crippen LogP contribution >= 0.6 is 7.37 Å². The molecule has 1 atom stereocenters. The van der Waals surface area contributed by atoms with E-state index < -0.39 is 40.0 Å². The summed E-state index contributed by atoms with van der Waals surface area (Å²) in [6.45, 7) is 0. The second-order valence-electron chi connectivity index (χ2n) is 3.41. The summed E-state index contributed by atoms with van der Waals surface area (Å²) in [5.74, 6) is -5.35. The maximum atomic E-state index is 12.2. The van der Waals surface area contributed by atoms with Crippen LogP contribution in [-0.4, -0.2) is 23.8 Å². The molecule has 0 radical (unpaired) electrons. The van der Waals surface area contributed by atoms with Crippen molar-refractivity contribution in [3.8, 4) is 0 Å². The fraction of sp³-hybridized carbons (Fsp3) is 0.250. The number of hydrogen-bond acceptors (Lipinski definition) is 3. The fourth-order valence-corrected chi connectivity index (χ4v) is 2.95. The molecule has 1 unspecified atom stereocenters. The molecule has 0 saturated carbocycles. The molecule has 0 spiro atoms. The van der Waals surface area contributed by atoms with E-state index in [-0.39, 0.29) is 0 Å². The van der Waals surface area contributed by atoms with Crippen LogP contribution in [0.3, 0.4) is 0 Å². The minimum atomic E-state index is -5.57. The van der Waals surface area contributed by atoms with Gasteiger partial charge in [0.2, 0.25) is 0 Å². The van der Waals surface area contributed by atoms with E-state index in [0.29, 0.717) is 0 Å². The molecular formula is C8H8F3O5PS. The molecule has 102 valence electrons. The molecule has 1 aromatic carbocycles. The first kappa shape index (κ1) is 15.2. The van der Waals surface area contributed by atoms with Gasteiger partial charge in [0, 0.05) is 0 Å². The Balaban J connectivity index is 3.27. The van der Waals surface area contributed by atoms with Crippen LogP contribution in [-0.2, 0) is 20.8 Å². The lowest BCUT2D eigenvalue weighted by Gasteiger charge is -2.15. The van der Waals surface area contributed by atoms with Crippen LogP contribution < -0.4 is 0 Å². The highest BCUT2D eigenvalue weighted by atomic mass is 32.2. The molecule has 0 heterocycles. The molecular weight excluding hydrogens is 296 g/mol. The number of halogens is 3. The lowest BCUT2D eigenvalue weighted by molar-refractivity contribution is -0.0555. The van der Waals surface area contributed by atoms with E-state index in [1.807, 2.05) is 0 Å². The number of alkyl halides is 3. The Kier molecular flexibility index (Phi) is 3.92. The largest absolute Gasteiger partial charge is 0.465 e. The second kappa shape index (κ2) is 4.65. The summed E-state index contributed by atoms with van der Waals surface area (Å²) in [7, 11) is -10.3. The van der Waals surface area contributed by atoms with Gasteiger partial charge in [-0.1, -0.05) is 18.2 Å². The molecule has 10 heteroatoms. The van der Waals surface area contributed by atoms with E-state index in [9.17, 15) is 26.2 Å². The molecule has 0 saturated heterocycles. The monoisotopic (exact) mass is 304 g/mol. The quantitative estimate of drug-likeness (QED) is 0.660. The van der Waals surface area contributed by atoms with E-state index in [1.54, 1.807) is 0 Å². The van der Waals surface area contributed by atoms with Crippen molar-refractivity contribution in [3.05, 3.63) is 29.8 Å². The van der Waals surface area contributed by atoms with Crippen molar-refractivity contribution in [1.82, 2.24) is 0 Å². The zero-order chi connectivity index (χ0) is 14.2. The fourth-order valence-electron chi connectivity index (χ4n) is 1.21. The minimum Gasteiger partial charge on any atom is -0.338 e. The molecule has 0 aliphatic carbocycles. The first-order valence-electron chi connectivity index (χ1n) is 4.39. The van der Waals surface area contributed by atoms with Gasteiger partial charge in [0.1, 0.15) is 0 Å². The van der Waals surface area contributed by atoms with Gasteiger partial charge in [0.05, 0.1) is 11.1 Å². The van der Waals surface area contributed by atoms with Crippen molar-refractivity contribution in [1.29, 1.82) is 0 Å². The standard InChI is InChI=1S/C8H8F3O5PS/c9-8(10,11)17(12,13)5-6-3-1-2-4-7(6)18(14,15)16/h1-4H,5H2,(H,12,13)(H,14,15,16). The van der Waals surface area contributed by atoms with E-state index >= 15 is 0 Å². The van der Waals surface area contributed by atoms with E-state index in [2.05, 4.69) is 0 Å². The molecule has 2 N–H and O–H groups in total. The van der Waals surface area contributed by atoms with E-state index in [1.165, 1.54) is 12.1 Å². The van der Waals surface area contributed by atoms with Gasteiger partial charge in [0.25, 0.3) is 10.1 Å². The van der Waals surface area contributed by atoms with Crippen LogP contribution in [0.4, 0.5) is 13.2 Å². The second-order valence-corrected chi connectivity index (χ2v) is 7.03. The van der Waals surface area contributed by atoms with Gasteiger partial charge in [0.15, 0.2) is 0 Å². The van der Waals surface area contributed by atoms with Gasteiger partial charge in [-0.2, -0.15) is 21.6 Å². The molecule has 1 rings (SSSR count). The topological polar surface area (TPSA) is 91.7 Å². The number of rotatable bonds is 3. The molecule has 5 nitrogen and oxygen atoms in total. The Morgan fingerprint density at radius 3 is 2.17 bits per heavy atom. The molecule has 0 bridgehead atoms. The van der Waals surface area contributed by atoms with Gasteiger partial charge >= 0.3 is 13.3 Å². The maximum Gasteiger partial charge on any atom is 0.465 e. The molecule has 1 aromatic rings. The Hall–Kier alpha value is -0.890. The smallest absolute Gasteiger partial charge is 0.338 e. The zero-order valence-corrected chi connectivity index (χ0v) is 10.3. The van der Waals surface area contributed by atoms with Crippen LogP contribution in [0.1, 0.15) is 5.56 Å². The average molecular weight is 304 g/mol. The van der Waals surface area contributed by atoms with Crippen LogP contribution in [0.25, 0.3) is 0 Å². The maximum absolute atomic E-state index is 12.2. The van der Waals surface area contributed by atoms with Crippen molar-refractivity contribution < 1.29 is 35.6 Å². The SMILES string of the molecule is O=P(O)(Cc1ccccc1S(=O)(=O)O)C(F)(F)F. The third-order valence-electron chi connectivity index (χ3n) is 2.03. The summed E-state index contributed by atoms with van der Waals surface area (Å²) in [5, 5.41) is 0. The molecule has 18 heavy (non-hydrogen) atoms. The van der Waals surface area contributed by atoms with Gasteiger partial charge in [-0.25, -0.2) is 0 Å². The third kappa shape index (κ3) is 3.32. The van der Waals surface area contributed by atoms with Crippen molar-refractivity contribution in [2.24, 2.45) is 0 Å². The summed E-state index contributed by atoms with van der Waals surface area (Å²) in [4.78, 5) is 8.03. The molecule has 0 fully saturated rings. The first-order chi connectivity index (χ1) is 7.95. The highest BCUT2D eigenvalue weighted by molar-refractivity contribution is 7.86. The zero-order valence-electron chi connectivity index (χ0n) is 8.63. The van der Waals surface area contributed by atoms with Gasteiger partial charge < -0.3 is 4.89 Å². The Morgan fingerprint density at radius 1 is 1.22 bits per heavy atom. The van der Waals surface area contributed by atoms with Crippen LogP contribution in [0.15, 0.2) is 29.2 Å². The lowest BCUT2D eigenvalue weighted by atomic mass is 10.2.